The quantitative estimate of drug-likeness (QED) is 0.864. The van der Waals surface area contributed by atoms with Crippen molar-refractivity contribution in [1.82, 2.24) is 4.98 Å². The van der Waals surface area contributed by atoms with Gasteiger partial charge in [-0.25, -0.2) is 4.98 Å². The Morgan fingerprint density at radius 1 is 1.35 bits per heavy atom. The first-order valence-electron chi connectivity index (χ1n) is 6.31. The summed E-state index contributed by atoms with van der Waals surface area (Å²) in [6, 6.07) is 8.33. The van der Waals surface area contributed by atoms with Crippen LogP contribution in [0.3, 0.4) is 0 Å². The number of benzene rings is 1. The number of thiazole rings is 1. The van der Waals surface area contributed by atoms with E-state index in [9.17, 15) is 0 Å². The lowest BCUT2D eigenvalue weighted by Gasteiger charge is -2.14. The molecule has 0 bridgehead atoms. The van der Waals surface area contributed by atoms with Gasteiger partial charge in [-0.15, -0.1) is 11.3 Å². The summed E-state index contributed by atoms with van der Waals surface area (Å²) >= 11 is 1.73. The second-order valence-electron chi connectivity index (χ2n) is 4.76. The Balaban J connectivity index is 2.10. The minimum Gasteiger partial charge on any atom is -0.322 e. The van der Waals surface area contributed by atoms with Gasteiger partial charge >= 0.3 is 0 Å². The highest BCUT2D eigenvalue weighted by molar-refractivity contribution is 7.18. The van der Waals surface area contributed by atoms with Crippen molar-refractivity contribution in [2.24, 2.45) is 11.7 Å². The van der Waals surface area contributed by atoms with Gasteiger partial charge in [0.15, 0.2) is 0 Å². The lowest BCUT2D eigenvalue weighted by Crippen LogP contribution is -2.13. The van der Waals surface area contributed by atoms with Crippen molar-refractivity contribution >= 4 is 21.6 Å². The van der Waals surface area contributed by atoms with Crippen LogP contribution in [0.5, 0.6) is 0 Å². The van der Waals surface area contributed by atoms with Crippen molar-refractivity contribution in [2.75, 3.05) is 0 Å². The fourth-order valence-electron chi connectivity index (χ4n) is 2.19. The molecule has 0 radical (unpaired) electrons. The lowest BCUT2D eigenvalue weighted by molar-refractivity contribution is 0.440. The van der Waals surface area contributed by atoms with Crippen LogP contribution in [-0.2, 0) is 0 Å². The lowest BCUT2D eigenvalue weighted by atomic mass is 9.98. The van der Waals surface area contributed by atoms with Gasteiger partial charge in [-0.05, 0) is 24.5 Å². The third kappa shape index (κ3) is 3.05. The third-order valence-corrected chi connectivity index (χ3v) is 4.23. The minimum atomic E-state index is 0.0916. The van der Waals surface area contributed by atoms with E-state index in [0.29, 0.717) is 5.92 Å². The van der Waals surface area contributed by atoms with Gasteiger partial charge in [0.2, 0.25) is 0 Å². The first-order valence-corrected chi connectivity index (χ1v) is 7.13. The molecule has 0 amide bonds. The largest absolute Gasteiger partial charge is 0.322 e. The number of fused-ring (bicyclic) bond motifs is 1. The molecule has 92 valence electrons. The van der Waals surface area contributed by atoms with E-state index in [1.807, 2.05) is 6.07 Å². The van der Waals surface area contributed by atoms with Crippen LogP contribution in [-0.4, -0.2) is 4.98 Å². The maximum Gasteiger partial charge on any atom is 0.111 e. The van der Waals surface area contributed by atoms with Gasteiger partial charge in [0.1, 0.15) is 5.01 Å². The average molecular weight is 248 g/mol. The zero-order chi connectivity index (χ0) is 12.3. The molecule has 2 unspecified atom stereocenters. The van der Waals surface area contributed by atoms with E-state index in [-0.39, 0.29) is 6.04 Å². The van der Waals surface area contributed by atoms with Crippen molar-refractivity contribution in [3.05, 3.63) is 29.3 Å². The minimum absolute atomic E-state index is 0.0916. The Hall–Kier alpha value is -0.930. The van der Waals surface area contributed by atoms with E-state index in [0.717, 1.165) is 16.9 Å². The summed E-state index contributed by atoms with van der Waals surface area (Å²) in [6.07, 6.45) is 3.51. The van der Waals surface area contributed by atoms with E-state index in [2.05, 4.69) is 37.0 Å². The smallest absolute Gasteiger partial charge is 0.111 e. The fraction of sp³-hybridized carbons (Fsp3) is 0.500. The van der Waals surface area contributed by atoms with Crippen molar-refractivity contribution in [2.45, 2.75) is 39.2 Å². The van der Waals surface area contributed by atoms with Gasteiger partial charge in [-0.3, -0.25) is 0 Å². The van der Waals surface area contributed by atoms with Crippen LogP contribution in [0.25, 0.3) is 10.2 Å². The molecule has 0 aliphatic heterocycles. The first kappa shape index (κ1) is 12.5. The molecule has 2 rings (SSSR count). The zero-order valence-electron chi connectivity index (χ0n) is 10.5. The van der Waals surface area contributed by atoms with Crippen molar-refractivity contribution in [3.63, 3.8) is 0 Å². The van der Waals surface area contributed by atoms with Crippen molar-refractivity contribution < 1.29 is 0 Å². The normalized spacial score (nSPS) is 15.0. The van der Waals surface area contributed by atoms with E-state index >= 15 is 0 Å². The van der Waals surface area contributed by atoms with Crippen LogP contribution >= 0.6 is 11.3 Å². The monoisotopic (exact) mass is 248 g/mol. The van der Waals surface area contributed by atoms with E-state index in [1.54, 1.807) is 11.3 Å². The predicted octanol–water partition coefficient (Wildman–Crippen LogP) is 4.12. The van der Waals surface area contributed by atoms with Crippen LogP contribution in [0.1, 0.15) is 44.2 Å². The molecular weight excluding hydrogens is 228 g/mol. The SMILES string of the molecule is CCCC(C)CC(N)c1nc2ccccc2s1. The molecule has 2 aromatic rings. The molecule has 1 aromatic carbocycles. The number of hydrogen-bond donors (Lipinski definition) is 1. The summed E-state index contributed by atoms with van der Waals surface area (Å²) in [7, 11) is 0. The zero-order valence-corrected chi connectivity index (χ0v) is 11.3. The van der Waals surface area contributed by atoms with Gasteiger partial charge in [-0.1, -0.05) is 38.8 Å². The van der Waals surface area contributed by atoms with Crippen LogP contribution < -0.4 is 5.73 Å². The second-order valence-corrected chi connectivity index (χ2v) is 5.82. The fourth-order valence-corrected chi connectivity index (χ4v) is 3.18. The maximum atomic E-state index is 6.24. The van der Waals surface area contributed by atoms with E-state index < -0.39 is 0 Å². The molecule has 0 fully saturated rings. The number of rotatable bonds is 5. The Labute approximate surface area is 107 Å². The molecule has 2 N–H and O–H groups in total. The standard InChI is InChI=1S/C14H20N2S/c1-3-6-10(2)9-11(15)14-16-12-7-4-5-8-13(12)17-14/h4-5,7-8,10-11H,3,6,9,15H2,1-2H3. The molecule has 1 aromatic heterocycles. The topological polar surface area (TPSA) is 38.9 Å². The summed E-state index contributed by atoms with van der Waals surface area (Å²) < 4.78 is 1.24. The number of aromatic nitrogens is 1. The Kier molecular flexibility index (Phi) is 4.13. The molecule has 1 heterocycles. The molecule has 0 aliphatic carbocycles. The molecule has 0 saturated heterocycles. The summed E-state index contributed by atoms with van der Waals surface area (Å²) in [6.45, 7) is 4.50. The molecule has 2 atom stereocenters. The predicted molar refractivity (Wildman–Crippen MR) is 75.2 cm³/mol. The molecular formula is C14H20N2S. The van der Waals surface area contributed by atoms with Crippen LogP contribution in [0, 0.1) is 5.92 Å². The van der Waals surface area contributed by atoms with Crippen LogP contribution in [0.4, 0.5) is 0 Å². The molecule has 2 nitrogen and oxygen atoms in total. The Morgan fingerprint density at radius 2 is 2.12 bits per heavy atom. The van der Waals surface area contributed by atoms with Gasteiger partial charge in [-0.2, -0.15) is 0 Å². The first-order chi connectivity index (χ1) is 8.20. The maximum absolute atomic E-state index is 6.24. The highest BCUT2D eigenvalue weighted by Gasteiger charge is 2.14. The highest BCUT2D eigenvalue weighted by atomic mass is 32.1. The van der Waals surface area contributed by atoms with E-state index in [4.69, 9.17) is 5.73 Å². The summed E-state index contributed by atoms with van der Waals surface area (Å²) in [4.78, 5) is 4.62. The molecule has 0 saturated carbocycles. The Bertz CT molecular complexity index is 445. The number of nitrogens with two attached hydrogens (primary N) is 1. The summed E-state index contributed by atoms with van der Waals surface area (Å²) in [5, 5.41) is 1.08. The number of para-hydroxylation sites is 1. The van der Waals surface area contributed by atoms with Gasteiger partial charge in [0, 0.05) is 0 Å². The summed E-state index contributed by atoms with van der Waals surface area (Å²) in [5.41, 5.74) is 7.31. The summed E-state index contributed by atoms with van der Waals surface area (Å²) in [5.74, 6) is 0.682. The molecule has 17 heavy (non-hydrogen) atoms. The van der Waals surface area contributed by atoms with Gasteiger partial charge in [0.05, 0.1) is 16.3 Å². The van der Waals surface area contributed by atoms with Crippen LogP contribution in [0.15, 0.2) is 24.3 Å². The van der Waals surface area contributed by atoms with Gasteiger partial charge in [0.25, 0.3) is 0 Å². The molecule has 3 heteroatoms. The van der Waals surface area contributed by atoms with Crippen molar-refractivity contribution in [3.8, 4) is 0 Å². The number of hydrogen-bond acceptors (Lipinski definition) is 3. The van der Waals surface area contributed by atoms with Crippen molar-refractivity contribution in [1.29, 1.82) is 0 Å². The highest BCUT2D eigenvalue weighted by Crippen LogP contribution is 2.29. The van der Waals surface area contributed by atoms with Crippen LogP contribution in [0.2, 0.25) is 0 Å². The molecule has 0 aliphatic rings. The van der Waals surface area contributed by atoms with E-state index in [1.165, 1.54) is 17.5 Å². The second kappa shape index (κ2) is 5.61. The van der Waals surface area contributed by atoms with Gasteiger partial charge < -0.3 is 5.73 Å². The average Bonchev–Trinajstić information content (AvgIpc) is 2.72. The number of nitrogens with zero attached hydrogens (tertiary/aromatic N) is 1. The molecule has 0 spiro atoms. The Morgan fingerprint density at radius 3 is 2.82 bits per heavy atom. The third-order valence-electron chi connectivity index (χ3n) is 3.07.